The van der Waals surface area contributed by atoms with Gasteiger partial charge in [0.2, 0.25) is 0 Å². The van der Waals surface area contributed by atoms with Gasteiger partial charge in [0.05, 0.1) is 19.6 Å². The normalized spacial score (nSPS) is 39.6. The standard InChI is InChI=1S/C8H15N2O2/c1-8(11)12-10-5-2-9(3-6-10)4-7-10/h2-7H2,1H3/q+1. The molecule has 2 bridgehead atoms. The van der Waals surface area contributed by atoms with Crippen molar-refractivity contribution in [2.45, 2.75) is 6.92 Å². The number of fused-ring (bicyclic) bond motifs is 3. The van der Waals surface area contributed by atoms with Crippen LogP contribution in [0.5, 0.6) is 0 Å². The van der Waals surface area contributed by atoms with Crippen molar-refractivity contribution in [2.75, 3.05) is 39.3 Å². The number of rotatable bonds is 1. The number of piperazine rings is 3. The molecule has 0 atom stereocenters. The maximum atomic E-state index is 10.8. The summed E-state index contributed by atoms with van der Waals surface area (Å²) in [5, 5.41) is 0. The Bertz CT molecular complexity index is 183. The Labute approximate surface area is 72.2 Å². The largest absolute Gasteiger partial charge is 0.363 e. The molecule has 3 rings (SSSR count). The van der Waals surface area contributed by atoms with E-state index in [1.807, 2.05) is 0 Å². The van der Waals surface area contributed by atoms with Crippen LogP contribution in [0.3, 0.4) is 0 Å². The van der Waals surface area contributed by atoms with Crippen molar-refractivity contribution in [3.8, 4) is 0 Å². The first-order chi connectivity index (χ1) is 5.70. The van der Waals surface area contributed by atoms with Crippen molar-refractivity contribution in [3.63, 3.8) is 0 Å². The smallest absolute Gasteiger partial charge is 0.286 e. The van der Waals surface area contributed by atoms with E-state index in [4.69, 9.17) is 4.84 Å². The van der Waals surface area contributed by atoms with Gasteiger partial charge in [0.1, 0.15) is 19.6 Å². The quantitative estimate of drug-likeness (QED) is 0.503. The highest BCUT2D eigenvalue weighted by Gasteiger charge is 2.42. The summed E-state index contributed by atoms with van der Waals surface area (Å²) < 4.78 is 0.575. The van der Waals surface area contributed by atoms with Crippen LogP contribution < -0.4 is 0 Å². The van der Waals surface area contributed by atoms with Gasteiger partial charge in [-0.3, -0.25) is 9.74 Å². The monoisotopic (exact) mass is 171 g/mol. The van der Waals surface area contributed by atoms with Crippen LogP contribution in [0.25, 0.3) is 0 Å². The number of quaternary nitrogens is 1. The molecule has 12 heavy (non-hydrogen) atoms. The van der Waals surface area contributed by atoms with E-state index >= 15 is 0 Å². The van der Waals surface area contributed by atoms with Crippen molar-refractivity contribution >= 4 is 5.97 Å². The zero-order valence-corrected chi connectivity index (χ0v) is 7.45. The molecule has 4 heteroatoms. The third kappa shape index (κ3) is 1.32. The maximum Gasteiger partial charge on any atom is 0.363 e. The molecule has 3 fully saturated rings. The molecule has 0 aliphatic carbocycles. The van der Waals surface area contributed by atoms with Gasteiger partial charge in [0, 0.05) is 6.92 Å². The number of carbonyl (C=O) groups is 1. The maximum absolute atomic E-state index is 10.8. The van der Waals surface area contributed by atoms with Crippen LogP contribution in [-0.4, -0.2) is 54.8 Å². The minimum absolute atomic E-state index is 0.148. The highest BCUT2D eigenvalue weighted by Crippen LogP contribution is 2.19. The second-order valence-corrected chi connectivity index (χ2v) is 3.65. The highest BCUT2D eigenvalue weighted by molar-refractivity contribution is 5.65. The molecule has 0 aromatic carbocycles. The molecule has 0 radical (unpaired) electrons. The predicted octanol–water partition coefficient (Wildman–Crippen LogP) is -0.390. The van der Waals surface area contributed by atoms with Crippen molar-refractivity contribution in [2.24, 2.45) is 0 Å². The van der Waals surface area contributed by atoms with Gasteiger partial charge < -0.3 is 0 Å². The van der Waals surface area contributed by atoms with E-state index in [1.165, 1.54) is 6.92 Å². The molecule has 68 valence electrons. The van der Waals surface area contributed by atoms with E-state index < -0.39 is 0 Å². The van der Waals surface area contributed by atoms with Crippen LogP contribution in [-0.2, 0) is 9.63 Å². The van der Waals surface area contributed by atoms with E-state index in [0.717, 1.165) is 39.3 Å². The summed E-state index contributed by atoms with van der Waals surface area (Å²) in [6.07, 6.45) is 0. The topological polar surface area (TPSA) is 29.5 Å². The van der Waals surface area contributed by atoms with Crippen LogP contribution in [0.1, 0.15) is 6.92 Å². The summed E-state index contributed by atoms with van der Waals surface area (Å²) >= 11 is 0. The fourth-order valence-electron chi connectivity index (χ4n) is 2.05. The Morgan fingerprint density at radius 2 is 1.75 bits per heavy atom. The molecule has 0 amide bonds. The van der Waals surface area contributed by atoms with E-state index in [0.29, 0.717) is 4.65 Å². The second-order valence-electron chi connectivity index (χ2n) is 3.65. The Morgan fingerprint density at radius 3 is 2.17 bits per heavy atom. The Hall–Kier alpha value is -0.610. The highest BCUT2D eigenvalue weighted by atomic mass is 16.7. The first-order valence-electron chi connectivity index (χ1n) is 4.49. The van der Waals surface area contributed by atoms with Crippen LogP contribution in [0, 0.1) is 0 Å². The Morgan fingerprint density at radius 1 is 1.25 bits per heavy atom. The Kier molecular flexibility index (Phi) is 1.81. The van der Waals surface area contributed by atoms with Crippen molar-refractivity contribution in [3.05, 3.63) is 0 Å². The molecule has 0 N–H and O–H groups in total. The predicted molar refractivity (Wildman–Crippen MR) is 43.1 cm³/mol. The van der Waals surface area contributed by atoms with E-state index in [2.05, 4.69) is 4.90 Å². The molecular weight excluding hydrogens is 156 g/mol. The summed E-state index contributed by atoms with van der Waals surface area (Å²) in [7, 11) is 0. The minimum atomic E-state index is -0.148. The second kappa shape index (κ2) is 2.71. The lowest BCUT2D eigenvalue weighted by Crippen LogP contribution is -2.67. The number of hydrogen-bond acceptors (Lipinski definition) is 3. The summed E-state index contributed by atoms with van der Waals surface area (Å²) in [4.78, 5) is 18.6. The molecule has 0 aromatic heterocycles. The van der Waals surface area contributed by atoms with Crippen molar-refractivity contribution in [1.29, 1.82) is 0 Å². The molecular formula is C8H15N2O2+. The number of carbonyl (C=O) groups excluding carboxylic acids is 1. The zero-order chi connectivity index (χ0) is 8.60. The SMILES string of the molecule is CC(=O)O[N+]12CCN(CC1)CC2. The molecule has 0 saturated carbocycles. The summed E-state index contributed by atoms with van der Waals surface area (Å²) in [6, 6.07) is 0. The van der Waals surface area contributed by atoms with E-state index in [1.54, 1.807) is 0 Å². The third-order valence-corrected chi connectivity index (χ3v) is 2.79. The number of hydrogen-bond donors (Lipinski definition) is 0. The van der Waals surface area contributed by atoms with Crippen molar-refractivity contribution < 1.29 is 14.3 Å². The van der Waals surface area contributed by atoms with Gasteiger partial charge in [0.25, 0.3) is 0 Å². The van der Waals surface area contributed by atoms with E-state index in [-0.39, 0.29) is 5.97 Å². The lowest BCUT2D eigenvalue weighted by atomic mass is 10.2. The Balaban J connectivity index is 2.03. The summed E-state index contributed by atoms with van der Waals surface area (Å²) in [5.41, 5.74) is 0. The van der Waals surface area contributed by atoms with E-state index in [9.17, 15) is 4.79 Å². The van der Waals surface area contributed by atoms with Crippen LogP contribution >= 0.6 is 0 Å². The van der Waals surface area contributed by atoms with Crippen LogP contribution in [0.15, 0.2) is 0 Å². The number of nitrogens with zero attached hydrogens (tertiary/aromatic N) is 2. The van der Waals surface area contributed by atoms with Crippen LogP contribution in [0.2, 0.25) is 0 Å². The fraction of sp³-hybridized carbons (Fsp3) is 0.875. The van der Waals surface area contributed by atoms with Crippen molar-refractivity contribution in [1.82, 2.24) is 4.90 Å². The minimum Gasteiger partial charge on any atom is -0.286 e. The zero-order valence-electron chi connectivity index (χ0n) is 7.45. The van der Waals surface area contributed by atoms with Gasteiger partial charge in [-0.25, -0.2) is 4.79 Å². The summed E-state index contributed by atoms with van der Waals surface area (Å²) in [6.45, 7) is 7.64. The van der Waals surface area contributed by atoms with Gasteiger partial charge in [-0.2, -0.15) is 0 Å². The molecule has 4 nitrogen and oxygen atoms in total. The van der Waals surface area contributed by atoms with Gasteiger partial charge in [-0.1, -0.05) is 0 Å². The lowest BCUT2D eigenvalue weighted by molar-refractivity contribution is -1.10. The third-order valence-electron chi connectivity index (χ3n) is 2.79. The molecule has 3 aliphatic rings. The van der Waals surface area contributed by atoms with Gasteiger partial charge in [-0.15, -0.1) is 4.65 Å². The molecule has 3 aliphatic heterocycles. The van der Waals surface area contributed by atoms with Gasteiger partial charge in [-0.05, 0) is 0 Å². The average Bonchev–Trinajstić information content (AvgIpc) is 2.05. The fourth-order valence-corrected chi connectivity index (χ4v) is 2.05. The average molecular weight is 171 g/mol. The van der Waals surface area contributed by atoms with Gasteiger partial charge >= 0.3 is 5.97 Å². The molecule has 0 aromatic rings. The van der Waals surface area contributed by atoms with Gasteiger partial charge in [0.15, 0.2) is 0 Å². The molecule has 3 heterocycles. The molecule has 0 spiro atoms. The molecule has 3 saturated heterocycles. The first-order valence-corrected chi connectivity index (χ1v) is 4.49. The van der Waals surface area contributed by atoms with Crippen LogP contribution in [0.4, 0.5) is 0 Å². The summed E-state index contributed by atoms with van der Waals surface area (Å²) in [5.74, 6) is -0.148. The lowest BCUT2D eigenvalue weighted by Gasteiger charge is -2.46. The molecule has 0 unspecified atom stereocenters. The number of hydroxylamine groups is 3. The first kappa shape index (κ1) is 8.01.